The molecule has 11 heavy (non-hydrogen) atoms. The van der Waals surface area contributed by atoms with Crippen LogP contribution in [0, 0.1) is 0 Å². The molecule has 4 heteroatoms. The van der Waals surface area contributed by atoms with E-state index in [1.165, 1.54) is 0 Å². The van der Waals surface area contributed by atoms with Crippen molar-refractivity contribution in [1.82, 2.24) is 5.16 Å². The molecule has 0 spiro atoms. The average Bonchev–Trinajstić information content (AvgIpc) is 2.30. The van der Waals surface area contributed by atoms with E-state index < -0.39 is 0 Å². The number of H-pyrrole nitrogens is 1. The summed E-state index contributed by atoms with van der Waals surface area (Å²) in [5.41, 5.74) is 5.68. The minimum atomic E-state index is -0.350. The van der Waals surface area contributed by atoms with Gasteiger partial charge in [0.15, 0.2) is 0 Å². The zero-order valence-corrected chi connectivity index (χ0v) is 6.68. The van der Waals surface area contributed by atoms with Crippen molar-refractivity contribution in [3.63, 3.8) is 0 Å². The molecule has 0 aliphatic rings. The lowest BCUT2D eigenvalue weighted by atomic mass is 10.0. The second-order valence-electron chi connectivity index (χ2n) is 2.63. The third-order valence-corrected chi connectivity index (χ3v) is 1.87. The summed E-state index contributed by atoms with van der Waals surface area (Å²) in [5, 5.41) is 2.34. The molecule has 1 rings (SSSR count). The van der Waals surface area contributed by atoms with Gasteiger partial charge in [0.05, 0.1) is 5.56 Å². The van der Waals surface area contributed by atoms with Crippen LogP contribution in [-0.2, 0) is 0 Å². The minimum absolute atomic E-state index is 0.164. The highest BCUT2D eigenvalue weighted by Gasteiger charge is 2.14. The molecule has 0 radical (unpaired) electrons. The summed E-state index contributed by atoms with van der Waals surface area (Å²) in [7, 11) is 0. The third-order valence-electron chi connectivity index (χ3n) is 1.87. The molecule has 0 saturated carbocycles. The fourth-order valence-corrected chi connectivity index (χ4v) is 0.992. The molecule has 1 unspecified atom stereocenters. The second kappa shape index (κ2) is 2.82. The number of nitrogen functional groups attached to an aromatic ring is 1. The van der Waals surface area contributed by atoms with Crippen molar-refractivity contribution in [3.8, 4) is 0 Å². The van der Waals surface area contributed by atoms with Gasteiger partial charge in [-0.3, -0.25) is 0 Å². The van der Waals surface area contributed by atoms with Crippen LogP contribution in [0.4, 0.5) is 5.82 Å². The first-order valence-corrected chi connectivity index (χ1v) is 3.63. The lowest BCUT2D eigenvalue weighted by Gasteiger charge is -2.02. The van der Waals surface area contributed by atoms with Gasteiger partial charge in [-0.1, -0.05) is 13.8 Å². The van der Waals surface area contributed by atoms with E-state index in [0.29, 0.717) is 11.4 Å². The highest BCUT2D eigenvalue weighted by atomic mass is 16.5. The van der Waals surface area contributed by atoms with Gasteiger partial charge in [0.25, 0.3) is 0 Å². The van der Waals surface area contributed by atoms with E-state index in [-0.39, 0.29) is 11.5 Å². The molecular weight excluding hydrogens is 144 g/mol. The topological polar surface area (TPSA) is 72.0 Å². The zero-order chi connectivity index (χ0) is 8.43. The minimum Gasteiger partial charge on any atom is -0.383 e. The van der Waals surface area contributed by atoms with Crippen LogP contribution in [0.15, 0.2) is 9.32 Å². The SMILES string of the molecule is CCC(C)c1c(N)[nH]oc1=O. The Labute approximate surface area is 64.4 Å². The van der Waals surface area contributed by atoms with Gasteiger partial charge < -0.3 is 10.3 Å². The van der Waals surface area contributed by atoms with E-state index in [2.05, 4.69) is 9.68 Å². The summed E-state index contributed by atoms with van der Waals surface area (Å²) in [6, 6.07) is 0. The molecule has 1 atom stereocenters. The van der Waals surface area contributed by atoms with Gasteiger partial charge in [-0.05, 0) is 12.3 Å². The quantitative estimate of drug-likeness (QED) is 0.672. The van der Waals surface area contributed by atoms with Gasteiger partial charge in [0.2, 0.25) is 0 Å². The molecule has 4 nitrogen and oxygen atoms in total. The molecule has 0 bridgehead atoms. The second-order valence-corrected chi connectivity index (χ2v) is 2.63. The van der Waals surface area contributed by atoms with Crippen molar-refractivity contribution in [1.29, 1.82) is 0 Å². The van der Waals surface area contributed by atoms with Crippen LogP contribution >= 0.6 is 0 Å². The van der Waals surface area contributed by atoms with Gasteiger partial charge in [-0.15, -0.1) is 0 Å². The first kappa shape index (κ1) is 7.91. The van der Waals surface area contributed by atoms with Crippen molar-refractivity contribution in [2.24, 2.45) is 0 Å². The van der Waals surface area contributed by atoms with Crippen molar-refractivity contribution < 1.29 is 4.52 Å². The fourth-order valence-electron chi connectivity index (χ4n) is 0.992. The normalized spacial score (nSPS) is 13.3. The monoisotopic (exact) mass is 156 g/mol. The first-order valence-electron chi connectivity index (χ1n) is 3.63. The van der Waals surface area contributed by atoms with Crippen LogP contribution in [0.3, 0.4) is 0 Å². The van der Waals surface area contributed by atoms with Crippen LogP contribution in [0.25, 0.3) is 0 Å². The van der Waals surface area contributed by atoms with Gasteiger partial charge in [0.1, 0.15) is 5.82 Å². The highest BCUT2D eigenvalue weighted by Crippen LogP contribution is 2.18. The summed E-state index contributed by atoms with van der Waals surface area (Å²) in [6.07, 6.45) is 0.882. The van der Waals surface area contributed by atoms with Gasteiger partial charge in [-0.2, -0.15) is 0 Å². The van der Waals surface area contributed by atoms with Crippen LogP contribution in [0.1, 0.15) is 31.7 Å². The average molecular weight is 156 g/mol. The summed E-state index contributed by atoms with van der Waals surface area (Å²) in [4.78, 5) is 11.0. The van der Waals surface area contributed by atoms with E-state index in [9.17, 15) is 4.79 Å². The maximum absolute atomic E-state index is 11.0. The third kappa shape index (κ3) is 1.29. The Morgan fingerprint density at radius 3 is 2.73 bits per heavy atom. The Morgan fingerprint density at radius 2 is 2.36 bits per heavy atom. The molecule has 1 aromatic rings. The van der Waals surface area contributed by atoms with Crippen molar-refractivity contribution in [2.45, 2.75) is 26.2 Å². The maximum Gasteiger partial charge on any atom is 0.362 e. The summed E-state index contributed by atoms with van der Waals surface area (Å²) >= 11 is 0. The van der Waals surface area contributed by atoms with Crippen molar-refractivity contribution >= 4 is 5.82 Å². The molecule has 62 valence electrons. The van der Waals surface area contributed by atoms with Crippen LogP contribution in [0.5, 0.6) is 0 Å². The van der Waals surface area contributed by atoms with Crippen LogP contribution in [-0.4, -0.2) is 5.16 Å². The standard InChI is InChI=1S/C7H12N2O2/c1-3-4(2)5-6(8)9-11-7(5)10/h4,9H,3,8H2,1-2H3. The molecule has 0 amide bonds. The molecule has 0 fully saturated rings. The molecule has 0 saturated heterocycles. The molecule has 1 heterocycles. The lowest BCUT2D eigenvalue weighted by molar-refractivity contribution is 0.391. The summed E-state index contributed by atoms with van der Waals surface area (Å²) in [5.74, 6) is 0.516. The van der Waals surface area contributed by atoms with Gasteiger partial charge >= 0.3 is 5.63 Å². The predicted octanol–water partition coefficient (Wildman–Crippen LogP) is 1.06. The Morgan fingerprint density at radius 1 is 1.73 bits per heavy atom. The number of aromatic nitrogens is 1. The van der Waals surface area contributed by atoms with E-state index >= 15 is 0 Å². The molecule has 0 aliphatic carbocycles. The smallest absolute Gasteiger partial charge is 0.362 e. The van der Waals surface area contributed by atoms with E-state index in [1.807, 2.05) is 13.8 Å². The molecular formula is C7H12N2O2. The van der Waals surface area contributed by atoms with Crippen molar-refractivity contribution in [2.75, 3.05) is 5.73 Å². The summed E-state index contributed by atoms with van der Waals surface area (Å²) in [6.45, 7) is 3.94. The van der Waals surface area contributed by atoms with Crippen molar-refractivity contribution in [3.05, 3.63) is 16.0 Å². The predicted molar refractivity (Wildman–Crippen MR) is 42.4 cm³/mol. The van der Waals surface area contributed by atoms with Crippen LogP contribution in [0.2, 0.25) is 0 Å². The van der Waals surface area contributed by atoms with Crippen LogP contribution < -0.4 is 11.4 Å². The molecule has 1 aromatic heterocycles. The Hall–Kier alpha value is -1.19. The van der Waals surface area contributed by atoms with Gasteiger partial charge in [0, 0.05) is 0 Å². The Kier molecular flexibility index (Phi) is 2.03. The van der Waals surface area contributed by atoms with Gasteiger partial charge in [-0.25, -0.2) is 9.95 Å². The Balaban J connectivity index is 3.10. The number of aromatic amines is 1. The van der Waals surface area contributed by atoms with E-state index in [0.717, 1.165) is 6.42 Å². The highest BCUT2D eigenvalue weighted by molar-refractivity contribution is 5.37. The summed E-state index contributed by atoms with van der Waals surface area (Å²) < 4.78 is 4.51. The van der Waals surface area contributed by atoms with E-state index in [4.69, 9.17) is 5.73 Å². The maximum atomic E-state index is 11.0. The number of rotatable bonds is 2. The largest absolute Gasteiger partial charge is 0.383 e. The zero-order valence-electron chi connectivity index (χ0n) is 6.68. The number of hydrogen-bond donors (Lipinski definition) is 2. The molecule has 0 aliphatic heterocycles. The fraction of sp³-hybridized carbons (Fsp3) is 0.571. The lowest BCUT2D eigenvalue weighted by Crippen LogP contribution is -2.07. The van der Waals surface area contributed by atoms with E-state index in [1.54, 1.807) is 0 Å². The molecule has 0 aromatic carbocycles. The Bertz CT molecular complexity index is 287. The number of anilines is 1. The number of nitrogens with one attached hydrogen (secondary N) is 1. The number of hydrogen-bond acceptors (Lipinski definition) is 3. The number of nitrogens with two attached hydrogens (primary N) is 1. The first-order chi connectivity index (χ1) is 5.16. The molecule has 3 N–H and O–H groups in total.